The Hall–Kier alpha value is -1.30. The Labute approximate surface area is 126 Å². The molecule has 0 bridgehead atoms. The van der Waals surface area contributed by atoms with Gasteiger partial charge < -0.3 is 9.73 Å². The van der Waals surface area contributed by atoms with Gasteiger partial charge in [-0.1, -0.05) is 20.3 Å². The van der Waals surface area contributed by atoms with Crippen LogP contribution in [0.3, 0.4) is 0 Å². The summed E-state index contributed by atoms with van der Waals surface area (Å²) in [5.74, 6) is 0.925. The highest BCUT2D eigenvalue weighted by molar-refractivity contribution is 7.89. The molecule has 1 N–H and O–H groups in total. The Morgan fingerprint density at radius 3 is 2.48 bits per heavy atom. The predicted octanol–water partition coefficient (Wildman–Crippen LogP) is 2.38. The second-order valence-corrected chi connectivity index (χ2v) is 8.36. The van der Waals surface area contributed by atoms with Gasteiger partial charge >= 0.3 is 0 Å². The van der Waals surface area contributed by atoms with Crippen LogP contribution in [0.2, 0.25) is 0 Å². The number of sulfone groups is 1. The molecule has 1 aromatic rings. The lowest BCUT2D eigenvalue weighted by Gasteiger charge is -2.34. The first-order valence-corrected chi connectivity index (χ1v) is 9.39. The Kier molecular flexibility index (Phi) is 4.76. The van der Waals surface area contributed by atoms with Gasteiger partial charge in [0, 0.05) is 12.3 Å². The van der Waals surface area contributed by atoms with E-state index in [0.717, 1.165) is 19.1 Å². The molecule has 1 heterocycles. The summed E-state index contributed by atoms with van der Waals surface area (Å²) in [7, 11) is -3.16. The van der Waals surface area contributed by atoms with Gasteiger partial charge in [-0.25, -0.2) is 8.42 Å². The van der Waals surface area contributed by atoms with Gasteiger partial charge in [0.2, 0.25) is 0 Å². The highest BCUT2D eigenvalue weighted by Crippen LogP contribution is 2.29. The molecule has 1 aliphatic carbocycles. The molecule has 0 spiro atoms. The first-order valence-electron chi connectivity index (χ1n) is 7.33. The van der Waals surface area contributed by atoms with Gasteiger partial charge in [-0.2, -0.15) is 0 Å². The van der Waals surface area contributed by atoms with Gasteiger partial charge in [-0.05, 0) is 36.8 Å². The van der Waals surface area contributed by atoms with Crippen molar-refractivity contribution in [1.29, 1.82) is 0 Å². The molecule has 1 amide bonds. The minimum absolute atomic E-state index is 0.148. The van der Waals surface area contributed by atoms with E-state index in [1.165, 1.54) is 12.5 Å². The fraction of sp³-hybridized carbons (Fsp3) is 0.667. The molecule has 1 aromatic heterocycles. The maximum Gasteiger partial charge on any atom is 0.287 e. The molecule has 2 atom stereocenters. The lowest BCUT2D eigenvalue weighted by Crippen LogP contribution is -2.45. The van der Waals surface area contributed by atoms with Crippen LogP contribution in [0, 0.1) is 11.8 Å². The fourth-order valence-electron chi connectivity index (χ4n) is 3.02. The molecule has 0 unspecified atom stereocenters. The second kappa shape index (κ2) is 6.22. The molecule has 0 radical (unpaired) electrons. The molecule has 21 heavy (non-hydrogen) atoms. The molecule has 5 nitrogen and oxygen atoms in total. The van der Waals surface area contributed by atoms with Crippen molar-refractivity contribution in [3.8, 4) is 0 Å². The summed E-state index contributed by atoms with van der Waals surface area (Å²) in [6, 6.07) is 3.23. The third-order valence-electron chi connectivity index (χ3n) is 4.13. The van der Waals surface area contributed by atoms with Crippen LogP contribution in [0.4, 0.5) is 0 Å². The van der Waals surface area contributed by atoms with E-state index in [-0.39, 0.29) is 23.5 Å². The molecule has 0 aromatic carbocycles. The van der Waals surface area contributed by atoms with Crippen LogP contribution in [0.1, 0.15) is 49.4 Å². The van der Waals surface area contributed by atoms with Crippen LogP contribution < -0.4 is 5.32 Å². The predicted molar refractivity (Wildman–Crippen MR) is 80.7 cm³/mol. The summed E-state index contributed by atoms with van der Waals surface area (Å²) in [5, 5.41) is 3.03. The van der Waals surface area contributed by atoms with Crippen LogP contribution in [-0.2, 0) is 15.6 Å². The summed E-state index contributed by atoms with van der Waals surface area (Å²) >= 11 is 0. The SMILES string of the molecule is C[C@@H]1CCC[C@@H](C)C1NC(=O)c1ccc(CS(C)(=O)=O)o1. The molecule has 0 aliphatic heterocycles. The molecule has 1 aliphatic rings. The van der Waals surface area contributed by atoms with Gasteiger partial charge in [0.05, 0.1) is 0 Å². The van der Waals surface area contributed by atoms with Gasteiger partial charge in [-0.15, -0.1) is 0 Å². The van der Waals surface area contributed by atoms with E-state index in [4.69, 9.17) is 4.42 Å². The van der Waals surface area contributed by atoms with E-state index in [0.29, 0.717) is 17.6 Å². The van der Waals surface area contributed by atoms with E-state index in [2.05, 4.69) is 19.2 Å². The van der Waals surface area contributed by atoms with Crippen molar-refractivity contribution in [3.63, 3.8) is 0 Å². The van der Waals surface area contributed by atoms with E-state index in [1.807, 2.05) is 0 Å². The lowest BCUT2D eigenvalue weighted by molar-refractivity contribution is 0.0851. The van der Waals surface area contributed by atoms with Crippen molar-refractivity contribution in [2.24, 2.45) is 11.8 Å². The third-order valence-corrected chi connectivity index (χ3v) is 4.94. The summed E-state index contributed by atoms with van der Waals surface area (Å²) < 4.78 is 27.8. The number of carbonyl (C=O) groups is 1. The first kappa shape index (κ1) is 16.1. The van der Waals surface area contributed by atoms with Gasteiger partial charge in [-0.3, -0.25) is 4.79 Å². The second-order valence-electron chi connectivity index (χ2n) is 6.22. The summed E-state index contributed by atoms with van der Waals surface area (Å²) in [6.45, 7) is 4.30. The van der Waals surface area contributed by atoms with Crippen LogP contribution in [0.15, 0.2) is 16.5 Å². The molecular formula is C15H23NO4S. The molecular weight excluding hydrogens is 290 g/mol. The third kappa shape index (κ3) is 4.33. The molecule has 1 saturated carbocycles. The summed E-state index contributed by atoms with van der Waals surface area (Å²) in [5.41, 5.74) is 0. The number of furan rings is 1. The average molecular weight is 313 g/mol. The Morgan fingerprint density at radius 2 is 1.90 bits per heavy atom. The van der Waals surface area contributed by atoms with Crippen molar-refractivity contribution < 1.29 is 17.6 Å². The normalized spacial score (nSPS) is 24.0. The van der Waals surface area contributed by atoms with Crippen LogP contribution >= 0.6 is 0 Å². The van der Waals surface area contributed by atoms with Crippen molar-refractivity contribution >= 4 is 15.7 Å². The Morgan fingerprint density at radius 1 is 1.29 bits per heavy atom. The van der Waals surface area contributed by atoms with Crippen molar-refractivity contribution in [1.82, 2.24) is 5.32 Å². The smallest absolute Gasteiger partial charge is 0.287 e. The van der Waals surface area contributed by atoms with E-state index in [1.54, 1.807) is 6.07 Å². The maximum atomic E-state index is 12.2. The van der Waals surface area contributed by atoms with Crippen LogP contribution in [0.25, 0.3) is 0 Å². The first-order chi connectivity index (χ1) is 9.76. The largest absolute Gasteiger partial charge is 0.455 e. The van der Waals surface area contributed by atoms with E-state index in [9.17, 15) is 13.2 Å². The zero-order valence-electron chi connectivity index (χ0n) is 12.8. The molecule has 6 heteroatoms. The summed E-state index contributed by atoms with van der Waals surface area (Å²) in [4.78, 5) is 12.2. The number of amides is 1. The van der Waals surface area contributed by atoms with Crippen LogP contribution in [0.5, 0.6) is 0 Å². The minimum atomic E-state index is -3.16. The number of rotatable bonds is 4. The molecule has 118 valence electrons. The summed E-state index contributed by atoms with van der Waals surface area (Å²) in [6.07, 6.45) is 4.58. The molecule has 2 rings (SSSR count). The zero-order chi connectivity index (χ0) is 15.6. The van der Waals surface area contributed by atoms with Crippen molar-refractivity contribution in [2.75, 3.05) is 6.26 Å². The number of nitrogens with one attached hydrogen (secondary N) is 1. The van der Waals surface area contributed by atoms with Gasteiger partial charge in [0.25, 0.3) is 5.91 Å². The standard InChI is InChI=1S/C15H23NO4S/c1-10-5-4-6-11(2)14(10)16-15(17)13-8-7-12(20-13)9-21(3,18)19/h7-8,10-11,14H,4-6,9H2,1-3H3,(H,16,17)/t10-,11-/m1/s1. The minimum Gasteiger partial charge on any atom is -0.455 e. The number of hydrogen-bond donors (Lipinski definition) is 1. The van der Waals surface area contributed by atoms with Gasteiger partial charge in [0.1, 0.15) is 11.5 Å². The van der Waals surface area contributed by atoms with E-state index >= 15 is 0 Å². The maximum absolute atomic E-state index is 12.2. The lowest BCUT2D eigenvalue weighted by atomic mass is 9.78. The van der Waals surface area contributed by atoms with Crippen molar-refractivity contribution in [2.45, 2.75) is 44.9 Å². The topological polar surface area (TPSA) is 76.4 Å². The van der Waals surface area contributed by atoms with Crippen molar-refractivity contribution in [3.05, 3.63) is 23.7 Å². The number of carbonyl (C=O) groups excluding carboxylic acids is 1. The molecule has 0 saturated heterocycles. The Balaban J connectivity index is 2.03. The fourth-order valence-corrected chi connectivity index (χ4v) is 3.70. The molecule has 1 fully saturated rings. The van der Waals surface area contributed by atoms with Crippen LogP contribution in [-0.4, -0.2) is 26.6 Å². The van der Waals surface area contributed by atoms with Gasteiger partial charge in [0.15, 0.2) is 15.6 Å². The monoisotopic (exact) mass is 313 g/mol. The number of hydrogen-bond acceptors (Lipinski definition) is 4. The highest BCUT2D eigenvalue weighted by Gasteiger charge is 2.29. The van der Waals surface area contributed by atoms with E-state index < -0.39 is 9.84 Å². The Bertz CT molecular complexity index is 595. The quantitative estimate of drug-likeness (QED) is 0.926. The highest BCUT2D eigenvalue weighted by atomic mass is 32.2. The average Bonchev–Trinajstić information content (AvgIpc) is 2.80. The zero-order valence-corrected chi connectivity index (χ0v) is 13.6.